The summed E-state index contributed by atoms with van der Waals surface area (Å²) >= 11 is 1.52. The van der Waals surface area contributed by atoms with Crippen molar-refractivity contribution in [3.8, 4) is 17.1 Å². The molecular formula is C22H25N3O3S. The molecule has 0 radical (unpaired) electrons. The molecule has 1 N–H and O–H groups in total. The fourth-order valence-corrected chi connectivity index (χ4v) is 4.35. The molecule has 0 spiro atoms. The first-order valence-electron chi connectivity index (χ1n) is 9.79. The summed E-state index contributed by atoms with van der Waals surface area (Å²) in [6.07, 6.45) is 1.73. The second kappa shape index (κ2) is 9.43. The molecule has 2 aromatic carbocycles. The van der Waals surface area contributed by atoms with Gasteiger partial charge >= 0.3 is 0 Å². The zero-order valence-electron chi connectivity index (χ0n) is 16.4. The average Bonchev–Trinajstić information content (AvgIpc) is 3.43. The number of benzene rings is 2. The van der Waals surface area contributed by atoms with Gasteiger partial charge in [-0.25, -0.2) is 0 Å². The molecular weight excluding hydrogens is 386 g/mol. The van der Waals surface area contributed by atoms with E-state index in [2.05, 4.69) is 14.8 Å². The Bertz CT molecular complexity index is 909. The monoisotopic (exact) mass is 411 g/mol. The largest absolute Gasteiger partial charge is 0.497 e. The van der Waals surface area contributed by atoms with Crippen LogP contribution in [0.3, 0.4) is 0 Å². The molecule has 3 aromatic rings. The van der Waals surface area contributed by atoms with Gasteiger partial charge in [-0.2, -0.15) is 0 Å². The lowest BCUT2D eigenvalue weighted by Crippen LogP contribution is -2.17. The van der Waals surface area contributed by atoms with Gasteiger partial charge in [-0.15, -0.1) is 10.2 Å². The van der Waals surface area contributed by atoms with Crippen molar-refractivity contribution in [3.63, 3.8) is 0 Å². The number of methoxy groups -OCH3 is 1. The van der Waals surface area contributed by atoms with Gasteiger partial charge in [0.05, 0.1) is 25.9 Å². The summed E-state index contributed by atoms with van der Waals surface area (Å²) in [4.78, 5) is 0. The summed E-state index contributed by atoms with van der Waals surface area (Å²) in [6, 6.07) is 17.5. The van der Waals surface area contributed by atoms with Crippen LogP contribution >= 0.6 is 11.8 Å². The van der Waals surface area contributed by atoms with Gasteiger partial charge in [-0.1, -0.05) is 42.1 Å². The van der Waals surface area contributed by atoms with Crippen molar-refractivity contribution in [3.05, 3.63) is 60.2 Å². The molecule has 0 bridgehead atoms. The third kappa shape index (κ3) is 4.80. The van der Waals surface area contributed by atoms with Crippen molar-refractivity contribution in [2.24, 2.45) is 0 Å². The Hall–Kier alpha value is -2.35. The molecule has 1 fully saturated rings. The van der Waals surface area contributed by atoms with Crippen LogP contribution in [0.1, 0.15) is 24.5 Å². The van der Waals surface area contributed by atoms with Crippen LogP contribution in [0, 0.1) is 0 Å². The molecule has 2 atom stereocenters. The fraction of sp³-hybridized carbons (Fsp3) is 0.364. The predicted molar refractivity (Wildman–Crippen MR) is 113 cm³/mol. The van der Waals surface area contributed by atoms with E-state index in [1.807, 2.05) is 54.6 Å². The maximum absolute atomic E-state index is 10.5. The number of aliphatic hydroxyl groups is 1. The maximum atomic E-state index is 10.5. The second-order valence-corrected chi connectivity index (χ2v) is 8.00. The highest BCUT2D eigenvalue weighted by molar-refractivity contribution is 7.99. The van der Waals surface area contributed by atoms with Crippen molar-refractivity contribution in [2.75, 3.05) is 19.5 Å². The quantitative estimate of drug-likeness (QED) is 0.566. The molecule has 1 aromatic heterocycles. The number of aromatic nitrogens is 3. The number of thioether (sulfide) groups is 1. The number of aliphatic hydroxyl groups excluding tert-OH is 1. The third-order valence-corrected chi connectivity index (χ3v) is 6.07. The van der Waals surface area contributed by atoms with Crippen molar-refractivity contribution >= 4 is 11.8 Å². The number of nitrogens with zero attached hydrogens (tertiary/aromatic N) is 3. The number of ether oxygens (including phenoxy) is 2. The summed E-state index contributed by atoms with van der Waals surface area (Å²) in [5.74, 6) is 2.12. The topological polar surface area (TPSA) is 69.4 Å². The smallest absolute Gasteiger partial charge is 0.191 e. The minimum atomic E-state index is -0.557. The first-order valence-corrected chi connectivity index (χ1v) is 10.8. The summed E-state index contributed by atoms with van der Waals surface area (Å²) in [5.41, 5.74) is 1.88. The molecule has 29 heavy (non-hydrogen) atoms. The molecule has 7 heteroatoms. The Balaban J connectivity index is 1.56. The summed E-state index contributed by atoms with van der Waals surface area (Å²) in [5, 5.41) is 20.2. The zero-order chi connectivity index (χ0) is 20.1. The Morgan fingerprint density at radius 3 is 2.66 bits per heavy atom. The molecule has 152 valence electrons. The van der Waals surface area contributed by atoms with Crippen molar-refractivity contribution in [1.82, 2.24) is 14.8 Å². The van der Waals surface area contributed by atoms with Crippen LogP contribution in [0.5, 0.6) is 5.75 Å². The zero-order valence-corrected chi connectivity index (χ0v) is 17.2. The normalized spacial score (nSPS) is 17.4. The average molecular weight is 412 g/mol. The number of rotatable bonds is 8. The van der Waals surface area contributed by atoms with Gasteiger partial charge in [0.25, 0.3) is 0 Å². The molecule has 1 saturated heterocycles. The molecule has 0 amide bonds. The summed E-state index contributed by atoms with van der Waals surface area (Å²) in [7, 11) is 1.65. The number of hydrogen-bond acceptors (Lipinski definition) is 6. The van der Waals surface area contributed by atoms with E-state index in [-0.39, 0.29) is 6.10 Å². The highest BCUT2D eigenvalue weighted by Gasteiger charge is 2.22. The van der Waals surface area contributed by atoms with E-state index in [4.69, 9.17) is 9.47 Å². The second-order valence-electron chi connectivity index (χ2n) is 7.02. The van der Waals surface area contributed by atoms with Gasteiger partial charge in [0.2, 0.25) is 0 Å². The van der Waals surface area contributed by atoms with Crippen molar-refractivity contribution < 1.29 is 14.6 Å². The van der Waals surface area contributed by atoms with E-state index < -0.39 is 6.10 Å². The SMILES string of the molecule is COc1ccc(-c2nnc(SC[C@H](O)c3ccccc3)n2C[C@@H]2CCCO2)cc1. The minimum Gasteiger partial charge on any atom is -0.497 e. The standard InChI is InChI=1S/C22H25N3O3S/c1-27-18-11-9-17(10-12-18)21-23-24-22(25(21)14-19-8-5-13-28-19)29-15-20(26)16-6-3-2-4-7-16/h2-4,6-7,9-12,19-20,26H,5,8,13-15H2,1H3/t19-,20-/m0/s1. The van der Waals surface area contributed by atoms with Crippen LogP contribution < -0.4 is 4.74 Å². The first kappa shape index (κ1) is 19.9. The lowest BCUT2D eigenvalue weighted by molar-refractivity contribution is 0.0953. The molecule has 2 heterocycles. The molecule has 4 rings (SSSR count). The van der Waals surface area contributed by atoms with Gasteiger partial charge in [-0.05, 0) is 42.7 Å². The Morgan fingerprint density at radius 2 is 1.97 bits per heavy atom. The Labute approximate surface area is 174 Å². The molecule has 6 nitrogen and oxygen atoms in total. The maximum Gasteiger partial charge on any atom is 0.191 e. The lowest BCUT2D eigenvalue weighted by atomic mass is 10.1. The van der Waals surface area contributed by atoms with Crippen LogP contribution in [0.4, 0.5) is 0 Å². The van der Waals surface area contributed by atoms with Crippen molar-refractivity contribution in [2.45, 2.75) is 36.8 Å². The van der Waals surface area contributed by atoms with Crippen LogP contribution in [0.2, 0.25) is 0 Å². The Kier molecular flexibility index (Phi) is 6.49. The third-order valence-electron chi connectivity index (χ3n) is 5.03. The van der Waals surface area contributed by atoms with E-state index in [1.165, 1.54) is 11.8 Å². The van der Waals surface area contributed by atoms with E-state index >= 15 is 0 Å². The summed E-state index contributed by atoms with van der Waals surface area (Å²) < 4.78 is 13.2. The van der Waals surface area contributed by atoms with Crippen LogP contribution in [0.25, 0.3) is 11.4 Å². The van der Waals surface area contributed by atoms with Crippen LogP contribution in [0.15, 0.2) is 59.8 Å². The van der Waals surface area contributed by atoms with Crippen molar-refractivity contribution in [1.29, 1.82) is 0 Å². The molecule has 0 aliphatic carbocycles. The predicted octanol–water partition coefficient (Wildman–Crippen LogP) is 3.96. The molecule has 0 unspecified atom stereocenters. The van der Waals surface area contributed by atoms with Gasteiger partial charge in [0.1, 0.15) is 5.75 Å². The first-order chi connectivity index (χ1) is 14.2. The van der Waals surface area contributed by atoms with Gasteiger partial charge < -0.3 is 14.6 Å². The van der Waals surface area contributed by atoms with Crippen LogP contribution in [-0.2, 0) is 11.3 Å². The van der Waals surface area contributed by atoms with E-state index in [1.54, 1.807) is 7.11 Å². The molecule has 1 aliphatic heterocycles. The molecule has 0 saturated carbocycles. The summed E-state index contributed by atoms with van der Waals surface area (Å²) in [6.45, 7) is 1.51. The highest BCUT2D eigenvalue weighted by atomic mass is 32.2. The van der Waals surface area contributed by atoms with E-state index in [0.717, 1.165) is 47.3 Å². The van der Waals surface area contributed by atoms with Gasteiger partial charge in [0, 0.05) is 17.9 Å². The fourth-order valence-electron chi connectivity index (χ4n) is 3.43. The van der Waals surface area contributed by atoms with Gasteiger partial charge in [0.15, 0.2) is 11.0 Å². The van der Waals surface area contributed by atoms with E-state index in [0.29, 0.717) is 12.3 Å². The lowest BCUT2D eigenvalue weighted by Gasteiger charge is -2.16. The molecule has 1 aliphatic rings. The van der Waals surface area contributed by atoms with Gasteiger partial charge in [-0.3, -0.25) is 4.57 Å². The van der Waals surface area contributed by atoms with Crippen LogP contribution in [-0.4, -0.2) is 45.4 Å². The number of hydrogen-bond donors (Lipinski definition) is 1. The highest BCUT2D eigenvalue weighted by Crippen LogP contribution is 2.29. The minimum absolute atomic E-state index is 0.168. The Morgan fingerprint density at radius 1 is 1.17 bits per heavy atom. The van der Waals surface area contributed by atoms with E-state index in [9.17, 15) is 5.11 Å².